The number of carboxylic acids is 1. The number of esters is 2. The number of phenols is 1. The van der Waals surface area contributed by atoms with Crippen LogP contribution >= 0.6 is 0 Å². The van der Waals surface area contributed by atoms with E-state index in [1.165, 1.54) is 41.6 Å². The van der Waals surface area contributed by atoms with Gasteiger partial charge in [-0.2, -0.15) is 0 Å². The standard InChI is InChI=1S/C14H20O4.C13H18O4.C9H10O4/c1-4-5-6-10-18-12-9-7-8-11(16-2)13(12)14(15)17-3;1-3-4-5-9-17-11-8-6-7-10(16-2)12(11)13(14)15;1-12-7-5-3-4-6(10)8(7)9(11)13-2/h7-9H,4-6,10H2,1-3H3;6-8H,3-5,9H2,1-2H3,(H,14,15);3-5,10H,1-2H3. The van der Waals surface area contributed by atoms with Gasteiger partial charge in [0.25, 0.3) is 0 Å². The fourth-order valence-corrected chi connectivity index (χ4v) is 4.18. The van der Waals surface area contributed by atoms with Gasteiger partial charge in [-0.15, -0.1) is 0 Å². The van der Waals surface area contributed by atoms with Gasteiger partial charge >= 0.3 is 17.9 Å². The number of hydrogen-bond donors (Lipinski definition) is 2. The number of carbonyl (C=O) groups is 3. The van der Waals surface area contributed by atoms with Gasteiger partial charge in [0.05, 0.1) is 48.8 Å². The summed E-state index contributed by atoms with van der Waals surface area (Å²) in [5, 5.41) is 18.5. The Bertz CT molecular complexity index is 1420. The largest absolute Gasteiger partial charge is 0.507 e. The number of carbonyl (C=O) groups excluding carboxylic acids is 2. The van der Waals surface area contributed by atoms with E-state index >= 15 is 0 Å². The van der Waals surface area contributed by atoms with Gasteiger partial charge in [0.15, 0.2) is 0 Å². The molecule has 0 aliphatic rings. The Labute approximate surface area is 282 Å². The number of rotatable bonds is 16. The first-order valence-corrected chi connectivity index (χ1v) is 15.5. The van der Waals surface area contributed by atoms with Crippen molar-refractivity contribution in [2.24, 2.45) is 0 Å². The molecule has 0 fully saturated rings. The predicted molar refractivity (Wildman–Crippen MR) is 180 cm³/mol. The Morgan fingerprint density at radius 2 is 0.917 bits per heavy atom. The van der Waals surface area contributed by atoms with Crippen LogP contribution in [0, 0.1) is 0 Å². The van der Waals surface area contributed by atoms with Crippen LogP contribution in [0.3, 0.4) is 0 Å². The smallest absolute Gasteiger partial charge is 0.345 e. The van der Waals surface area contributed by atoms with Gasteiger partial charge in [0.1, 0.15) is 51.2 Å². The van der Waals surface area contributed by atoms with E-state index in [2.05, 4.69) is 18.6 Å². The molecule has 0 bridgehead atoms. The van der Waals surface area contributed by atoms with Crippen LogP contribution in [-0.4, -0.2) is 76.9 Å². The van der Waals surface area contributed by atoms with Crippen molar-refractivity contribution in [2.75, 3.05) is 48.8 Å². The number of ether oxygens (including phenoxy) is 7. The molecule has 0 aromatic heterocycles. The van der Waals surface area contributed by atoms with Gasteiger partial charge < -0.3 is 43.4 Å². The number of unbranched alkanes of at least 4 members (excludes halogenated alkanes) is 4. The highest BCUT2D eigenvalue weighted by Crippen LogP contribution is 2.30. The summed E-state index contributed by atoms with van der Waals surface area (Å²) >= 11 is 0. The first-order valence-electron chi connectivity index (χ1n) is 15.5. The van der Waals surface area contributed by atoms with Crippen LogP contribution in [-0.2, 0) is 9.47 Å². The van der Waals surface area contributed by atoms with Gasteiger partial charge in [-0.1, -0.05) is 57.7 Å². The van der Waals surface area contributed by atoms with E-state index in [0.717, 1.165) is 38.5 Å². The SMILES string of the molecule is CCCCCOc1cccc(OC)c1C(=O)O.CCCCCOc1cccc(OC)c1C(=O)OC.COC(=O)c1c(O)cccc1OC. The van der Waals surface area contributed by atoms with E-state index in [1.54, 1.807) is 48.5 Å². The van der Waals surface area contributed by atoms with Crippen molar-refractivity contribution in [3.05, 3.63) is 71.3 Å². The Kier molecular flexibility index (Phi) is 19.8. The van der Waals surface area contributed by atoms with E-state index in [0.29, 0.717) is 47.5 Å². The fraction of sp³-hybridized carbons (Fsp3) is 0.417. The lowest BCUT2D eigenvalue weighted by Gasteiger charge is -2.13. The molecule has 12 nitrogen and oxygen atoms in total. The van der Waals surface area contributed by atoms with Gasteiger partial charge in [0, 0.05) is 0 Å². The normalized spacial score (nSPS) is 9.81. The second kappa shape index (κ2) is 23.2. The van der Waals surface area contributed by atoms with E-state index in [1.807, 2.05) is 0 Å². The third kappa shape index (κ3) is 12.9. The Balaban J connectivity index is 0.000000365. The van der Waals surface area contributed by atoms with Crippen LogP contribution in [0.2, 0.25) is 0 Å². The molecule has 3 aromatic carbocycles. The zero-order valence-corrected chi connectivity index (χ0v) is 28.8. The monoisotopic (exact) mass is 672 g/mol. The molecule has 48 heavy (non-hydrogen) atoms. The van der Waals surface area contributed by atoms with Crippen molar-refractivity contribution < 1.29 is 57.8 Å². The van der Waals surface area contributed by atoms with E-state index in [9.17, 15) is 19.5 Å². The quantitative estimate of drug-likeness (QED) is 0.117. The Hall–Kier alpha value is -5.13. The summed E-state index contributed by atoms with van der Waals surface area (Å²) < 4.78 is 35.4. The molecular weight excluding hydrogens is 624 g/mol. The lowest BCUT2D eigenvalue weighted by atomic mass is 10.1. The second-order valence-electron chi connectivity index (χ2n) is 9.92. The number of benzene rings is 3. The maximum absolute atomic E-state index is 11.7. The molecule has 3 aromatic rings. The average Bonchev–Trinajstić information content (AvgIpc) is 3.11. The van der Waals surface area contributed by atoms with Crippen molar-refractivity contribution in [1.82, 2.24) is 0 Å². The maximum Gasteiger partial charge on any atom is 0.345 e. The molecule has 0 aliphatic carbocycles. The molecule has 0 heterocycles. The zero-order valence-electron chi connectivity index (χ0n) is 28.8. The Morgan fingerprint density at radius 3 is 1.33 bits per heavy atom. The minimum atomic E-state index is -1.03. The van der Waals surface area contributed by atoms with Crippen molar-refractivity contribution in [2.45, 2.75) is 52.4 Å². The number of methoxy groups -OCH3 is 5. The molecule has 0 radical (unpaired) electrons. The summed E-state index contributed by atoms with van der Waals surface area (Å²) in [6.45, 7) is 5.35. The molecular formula is C36H48O12. The third-order valence-corrected chi connectivity index (χ3v) is 6.64. The summed E-state index contributed by atoms with van der Waals surface area (Å²) in [5.74, 6) is -0.274. The van der Waals surface area contributed by atoms with Gasteiger partial charge in [0.2, 0.25) is 0 Å². The van der Waals surface area contributed by atoms with Gasteiger partial charge in [-0.3, -0.25) is 0 Å². The molecule has 12 heteroatoms. The topological polar surface area (TPSA) is 156 Å². The van der Waals surface area contributed by atoms with E-state index < -0.39 is 17.9 Å². The summed E-state index contributed by atoms with van der Waals surface area (Å²) in [6, 6.07) is 14.8. The van der Waals surface area contributed by atoms with Crippen LogP contribution < -0.4 is 23.7 Å². The molecule has 0 spiro atoms. The molecule has 0 saturated carbocycles. The molecule has 0 aliphatic heterocycles. The van der Waals surface area contributed by atoms with E-state index in [4.69, 9.17) is 33.5 Å². The minimum absolute atomic E-state index is 0.0486. The number of hydrogen-bond acceptors (Lipinski definition) is 11. The molecule has 0 atom stereocenters. The minimum Gasteiger partial charge on any atom is -0.507 e. The molecule has 0 saturated heterocycles. The third-order valence-electron chi connectivity index (χ3n) is 6.64. The van der Waals surface area contributed by atoms with Crippen LogP contribution in [0.1, 0.15) is 83.4 Å². The lowest BCUT2D eigenvalue weighted by Crippen LogP contribution is -2.08. The highest BCUT2D eigenvalue weighted by atomic mass is 16.5. The first kappa shape index (κ1) is 40.9. The Morgan fingerprint density at radius 1 is 0.542 bits per heavy atom. The molecule has 0 unspecified atom stereocenters. The molecule has 264 valence electrons. The number of aromatic hydroxyl groups is 1. The van der Waals surface area contributed by atoms with Crippen LogP contribution in [0.5, 0.6) is 34.5 Å². The van der Waals surface area contributed by atoms with Crippen LogP contribution in [0.15, 0.2) is 54.6 Å². The molecule has 0 amide bonds. The summed E-state index contributed by atoms with van der Waals surface area (Å²) in [6.07, 6.45) is 6.31. The highest BCUT2D eigenvalue weighted by molar-refractivity contribution is 5.96. The highest BCUT2D eigenvalue weighted by Gasteiger charge is 2.20. The zero-order chi connectivity index (χ0) is 35.9. The predicted octanol–water partition coefficient (Wildman–Crippen LogP) is 7.20. The van der Waals surface area contributed by atoms with Crippen LogP contribution in [0.25, 0.3) is 0 Å². The number of phenolic OH excluding ortho intramolecular Hbond substituents is 1. The molecule has 2 N–H and O–H groups in total. The maximum atomic E-state index is 11.7. The van der Waals surface area contributed by atoms with Gasteiger partial charge in [-0.25, -0.2) is 14.4 Å². The number of aromatic carboxylic acids is 1. The summed E-state index contributed by atoms with van der Waals surface area (Å²) in [7, 11) is 6.97. The summed E-state index contributed by atoms with van der Waals surface area (Å²) in [4.78, 5) is 34.0. The van der Waals surface area contributed by atoms with Gasteiger partial charge in [-0.05, 0) is 49.2 Å². The average molecular weight is 673 g/mol. The number of carboxylic acid groups (broad SMARTS) is 1. The lowest BCUT2D eigenvalue weighted by molar-refractivity contribution is 0.0583. The fourth-order valence-electron chi connectivity index (χ4n) is 4.18. The van der Waals surface area contributed by atoms with Crippen molar-refractivity contribution in [1.29, 1.82) is 0 Å². The van der Waals surface area contributed by atoms with E-state index in [-0.39, 0.29) is 16.9 Å². The van der Waals surface area contributed by atoms with Crippen LogP contribution in [0.4, 0.5) is 0 Å². The second-order valence-corrected chi connectivity index (χ2v) is 9.92. The van der Waals surface area contributed by atoms with Crippen molar-refractivity contribution in [3.8, 4) is 34.5 Å². The first-order chi connectivity index (χ1) is 23.1. The summed E-state index contributed by atoms with van der Waals surface area (Å²) in [5.41, 5.74) is 0.484. The van der Waals surface area contributed by atoms with Crippen molar-refractivity contribution >= 4 is 17.9 Å². The molecule has 3 rings (SSSR count). The van der Waals surface area contributed by atoms with Crippen molar-refractivity contribution in [3.63, 3.8) is 0 Å².